The average Bonchev–Trinajstić information content (AvgIpc) is 3.87. The summed E-state index contributed by atoms with van der Waals surface area (Å²) in [7, 11) is 0. The summed E-state index contributed by atoms with van der Waals surface area (Å²) in [5.74, 6) is 0. The van der Waals surface area contributed by atoms with Crippen molar-refractivity contribution in [3.8, 4) is 44.5 Å². The van der Waals surface area contributed by atoms with E-state index < -0.39 is 0 Å². The van der Waals surface area contributed by atoms with Gasteiger partial charge in [0.15, 0.2) is 0 Å². The molecule has 0 nitrogen and oxygen atoms in total. The van der Waals surface area contributed by atoms with E-state index in [4.69, 9.17) is 0 Å². The second kappa shape index (κ2) is 11.5. The van der Waals surface area contributed by atoms with Gasteiger partial charge in [0.25, 0.3) is 0 Å². The van der Waals surface area contributed by atoms with Gasteiger partial charge in [-0.25, -0.2) is 0 Å². The van der Waals surface area contributed by atoms with E-state index in [2.05, 4.69) is 184 Å². The Hall–Kier alpha value is -6.06. The van der Waals surface area contributed by atoms with E-state index in [1.165, 1.54) is 118 Å². The van der Waals surface area contributed by atoms with Crippen LogP contribution in [0.2, 0.25) is 0 Å². The SMILES string of the molecule is CC1(C)c2cc(-c3ccc(-c4ccc5c(c4)sc4ccccc45)cc3)cc3ccc4cc(-c5ccc(-c6ccc7c(c6)sc6ccccc67)cc5)cc1c4c23. The van der Waals surface area contributed by atoms with Gasteiger partial charge in [0.05, 0.1) is 0 Å². The minimum atomic E-state index is -0.120. The van der Waals surface area contributed by atoms with Crippen molar-refractivity contribution in [3.63, 3.8) is 0 Å². The maximum absolute atomic E-state index is 2.46. The number of thiophene rings is 2. The molecule has 0 aliphatic heterocycles. The van der Waals surface area contributed by atoms with E-state index >= 15 is 0 Å². The first-order valence-electron chi connectivity index (χ1n) is 19.1. The molecule has 0 N–H and O–H groups in total. The molecule has 2 heteroatoms. The smallest absolute Gasteiger partial charge is 0.0361 e. The third-order valence-electron chi connectivity index (χ3n) is 12.2. The summed E-state index contributed by atoms with van der Waals surface area (Å²) < 4.78 is 5.38. The molecule has 0 atom stereocenters. The Morgan fingerprint density at radius 1 is 0.309 bits per heavy atom. The van der Waals surface area contributed by atoms with Crippen molar-refractivity contribution >= 4 is 84.6 Å². The van der Waals surface area contributed by atoms with Crippen LogP contribution in [0.5, 0.6) is 0 Å². The Labute approximate surface area is 327 Å². The average molecular weight is 735 g/mol. The van der Waals surface area contributed by atoms with Gasteiger partial charge in [-0.05, 0) is 126 Å². The zero-order chi connectivity index (χ0) is 36.4. The Kier molecular flexibility index (Phi) is 6.53. The van der Waals surface area contributed by atoms with Crippen molar-refractivity contribution in [2.45, 2.75) is 19.3 Å². The first kappa shape index (κ1) is 31.3. The molecule has 0 unspecified atom stereocenters. The summed E-state index contributed by atoms with van der Waals surface area (Å²) >= 11 is 3.76. The van der Waals surface area contributed by atoms with Gasteiger partial charge in [-0.3, -0.25) is 0 Å². The maximum Gasteiger partial charge on any atom is 0.0361 e. The van der Waals surface area contributed by atoms with Crippen molar-refractivity contribution in [1.29, 1.82) is 0 Å². The van der Waals surface area contributed by atoms with Crippen LogP contribution in [-0.2, 0) is 5.41 Å². The van der Waals surface area contributed by atoms with Crippen LogP contribution in [-0.4, -0.2) is 0 Å². The van der Waals surface area contributed by atoms with Gasteiger partial charge >= 0.3 is 0 Å². The molecule has 258 valence electrons. The molecular weight excluding hydrogens is 701 g/mol. The standard InChI is InChI=1S/C53H34S2/c1-53(2)45-27-39(33-15-11-31(12-16-33)35-21-23-43-41-7-3-5-9-47(41)54-49(43)29-35)25-37-19-20-38-26-40(28-46(53)52(38)51(37)45)34-17-13-32(14-18-34)36-22-24-44-42-8-4-6-10-48(42)55-50(44)30-36/h3-30H,1-2H3. The fraction of sp³-hybridized carbons (Fsp3) is 0.0566. The molecule has 9 aromatic carbocycles. The number of hydrogen-bond acceptors (Lipinski definition) is 2. The van der Waals surface area contributed by atoms with E-state index in [0.717, 1.165) is 0 Å². The predicted octanol–water partition coefficient (Wildman–Crippen LogP) is 16.0. The predicted molar refractivity (Wildman–Crippen MR) is 241 cm³/mol. The third kappa shape index (κ3) is 4.69. The van der Waals surface area contributed by atoms with Crippen LogP contribution in [0.3, 0.4) is 0 Å². The van der Waals surface area contributed by atoms with Gasteiger partial charge in [0.1, 0.15) is 0 Å². The lowest BCUT2D eigenvalue weighted by Crippen LogP contribution is -2.15. The normalized spacial score (nSPS) is 13.4. The van der Waals surface area contributed by atoms with Gasteiger partial charge < -0.3 is 0 Å². The maximum atomic E-state index is 2.46. The number of fused-ring (bicyclic) bond motifs is 6. The van der Waals surface area contributed by atoms with Crippen molar-refractivity contribution < 1.29 is 0 Å². The van der Waals surface area contributed by atoms with Crippen LogP contribution in [0.1, 0.15) is 25.0 Å². The molecule has 0 bridgehead atoms. The van der Waals surface area contributed by atoms with Gasteiger partial charge in [-0.15, -0.1) is 22.7 Å². The molecule has 1 aliphatic carbocycles. The van der Waals surface area contributed by atoms with Crippen LogP contribution >= 0.6 is 22.7 Å². The van der Waals surface area contributed by atoms with Crippen molar-refractivity contribution in [2.75, 3.05) is 0 Å². The monoisotopic (exact) mass is 734 g/mol. The first-order chi connectivity index (χ1) is 27.0. The molecule has 2 heterocycles. The summed E-state index contributed by atoms with van der Waals surface area (Å²) in [6.45, 7) is 4.81. The van der Waals surface area contributed by atoms with Crippen LogP contribution in [0.4, 0.5) is 0 Å². The summed E-state index contributed by atoms with van der Waals surface area (Å²) in [6.07, 6.45) is 0. The van der Waals surface area contributed by atoms with Crippen molar-refractivity contribution in [1.82, 2.24) is 0 Å². The topological polar surface area (TPSA) is 0 Å². The molecule has 0 spiro atoms. The first-order valence-corrected chi connectivity index (χ1v) is 20.7. The summed E-state index contributed by atoms with van der Waals surface area (Å²) in [4.78, 5) is 0. The van der Waals surface area contributed by atoms with Gasteiger partial charge in [0, 0.05) is 45.8 Å². The molecule has 0 amide bonds. The Morgan fingerprint density at radius 3 is 1.11 bits per heavy atom. The lowest BCUT2D eigenvalue weighted by Gasteiger charge is -2.23. The van der Waals surface area contributed by atoms with Crippen LogP contribution in [0.25, 0.3) is 106 Å². The highest BCUT2D eigenvalue weighted by Gasteiger charge is 2.35. The minimum Gasteiger partial charge on any atom is -0.135 e. The lowest BCUT2D eigenvalue weighted by molar-refractivity contribution is 0.663. The van der Waals surface area contributed by atoms with Gasteiger partial charge in [-0.2, -0.15) is 0 Å². The number of hydrogen-bond donors (Lipinski definition) is 0. The van der Waals surface area contributed by atoms with Crippen molar-refractivity contribution in [3.05, 3.63) is 181 Å². The molecule has 2 aromatic heterocycles. The van der Waals surface area contributed by atoms with E-state index in [1.54, 1.807) is 0 Å². The number of rotatable bonds is 4. The van der Waals surface area contributed by atoms with Gasteiger partial charge in [0.2, 0.25) is 0 Å². The lowest BCUT2D eigenvalue weighted by atomic mass is 9.80. The summed E-state index contributed by atoms with van der Waals surface area (Å²) in [5.41, 5.74) is 12.8. The molecule has 0 saturated heterocycles. The van der Waals surface area contributed by atoms with E-state index in [0.29, 0.717) is 0 Å². The van der Waals surface area contributed by atoms with E-state index in [-0.39, 0.29) is 5.41 Å². The molecule has 0 radical (unpaired) electrons. The largest absolute Gasteiger partial charge is 0.135 e. The van der Waals surface area contributed by atoms with Gasteiger partial charge in [-0.1, -0.05) is 135 Å². The zero-order valence-electron chi connectivity index (χ0n) is 30.5. The fourth-order valence-corrected chi connectivity index (χ4v) is 11.6. The van der Waals surface area contributed by atoms with Crippen LogP contribution < -0.4 is 0 Å². The summed E-state index contributed by atoms with van der Waals surface area (Å²) in [6, 6.07) is 64.0. The quantitative estimate of drug-likeness (QED) is 0.158. The molecule has 55 heavy (non-hydrogen) atoms. The van der Waals surface area contributed by atoms with Crippen molar-refractivity contribution in [2.24, 2.45) is 0 Å². The second-order valence-corrected chi connectivity index (χ2v) is 17.9. The molecule has 11 aromatic rings. The highest BCUT2D eigenvalue weighted by Crippen LogP contribution is 2.51. The minimum absolute atomic E-state index is 0.120. The Bertz CT molecular complexity index is 3150. The number of benzene rings is 9. The molecule has 1 aliphatic rings. The summed E-state index contributed by atoms with van der Waals surface area (Å²) in [5, 5.41) is 10.8. The van der Waals surface area contributed by atoms with E-state index in [1.807, 2.05) is 22.7 Å². The zero-order valence-corrected chi connectivity index (χ0v) is 32.1. The second-order valence-electron chi connectivity index (χ2n) is 15.7. The molecule has 0 fully saturated rings. The van der Waals surface area contributed by atoms with E-state index in [9.17, 15) is 0 Å². The fourth-order valence-electron chi connectivity index (χ4n) is 9.31. The third-order valence-corrected chi connectivity index (χ3v) is 14.5. The molecular formula is C53H34S2. The van der Waals surface area contributed by atoms with Crippen LogP contribution in [0, 0.1) is 0 Å². The Balaban J connectivity index is 0.873. The highest BCUT2D eigenvalue weighted by molar-refractivity contribution is 7.26. The molecule has 12 rings (SSSR count). The molecule has 0 saturated carbocycles. The highest BCUT2D eigenvalue weighted by atomic mass is 32.1. The van der Waals surface area contributed by atoms with Crippen LogP contribution in [0.15, 0.2) is 170 Å². The Morgan fingerprint density at radius 2 is 0.673 bits per heavy atom.